The van der Waals surface area contributed by atoms with E-state index < -0.39 is 0 Å². The maximum absolute atomic E-state index is 12.9. The molecule has 4 rings (SSSR count). The number of benzene rings is 3. The number of H-pyrrole nitrogens is 1. The smallest absolute Gasteiger partial charge is 0.266 e. The molecule has 5 nitrogen and oxygen atoms in total. The summed E-state index contributed by atoms with van der Waals surface area (Å²) in [4.78, 5) is 28.2. The molecule has 0 spiro atoms. The van der Waals surface area contributed by atoms with Crippen LogP contribution in [0.4, 0.5) is 0 Å². The lowest BCUT2D eigenvalue weighted by Crippen LogP contribution is -2.24. The summed E-state index contributed by atoms with van der Waals surface area (Å²) in [6.45, 7) is 2.53. The van der Waals surface area contributed by atoms with Crippen LogP contribution < -0.4 is 10.9 Å². The molecule has 1 heterocycles. The van der Waals surface area contributed by atoms with Crippen LogP contribution in [-0.2, 0) is 17.8 Å². The number of aryl methyl sites for hydroxylation is 1. The van der Waals surface area contributed by atoms with Crippen molar-refractivity contribution in [2.75, 3.05) is 0 Å². The molecular weight excluding hydrogens is 394 g/mol. The van der Waals surface area contributed by atoms with Gasteiger partial charge in [-0.15, -0.1) is 0 Å². The van der Waals surface area contributed by atoms with Crippen LogP contribution in [0.25, 0.3) is 16.6 Å². The minimum absolute atomic E-state index is 0.0523. The van der Waals surface area contributed by atoms with E-state index in [1.54, 1.807) is 6.07 Å². The maximum Gasteiger partial charge on any atom is 0.266 e. The number of carbonyl (C=O) groups is 1. The minimum Gasteiger partial charge on any atom is -0.352 e. The Bertz CT molecular complexity index is 1320. The quantitative estimate of drug-likeness (QED) is 0.480. The second kappa shape index (κ2) is 8.47. The number of para-hydroxylation sites is 1. The summed E-state index contributed by atoms with van der Waals surface area (Å²) in [6.07, 6.45) is 0.269. The number of aromatic amines is 1. The van der Waals surface area contributed by atoms with Crippen molar-refractivity contribution < 1.29 is 4.79 Å². The highest BCUT2D eigenvalue weighted by Gasteiger charge is 2.08. The third-order valence-electron chi connectivity index (χ3n) is 4.97. The summed E-state index contributed by atoms with van der Waals surface area (Å²) in [5, 5.41) is 3.51. The van der Waals surface area contributed by atoms with Gasteiger partial charge in [0.2, 0.25) is 5.91 Å². The summed E-state index contributed by atoms with van der Waals surface area (Å²) >= 11 is 5.38. The second-order valence-electron chi connectivity index (χ2n) is 7.22. The first-order valence-electron chi connectivity index (χ1n) is 9.67. The Labute approximate surface area is 179 Å². The van der Waals surface area contributed by atoms with Crippen molar-refractivity contribution in [2.24, 2.45) is 0 Å². The average Bonchev–Trinajstić information content (AvgIpc) is 2.74. The molecule has 1 amide bonds. The Hall–Kier alpha value is -3.51. The molecule has 30 heavy (non-hydrogen) atoms. The monoisotopic (exact) mass is 415 g/mol. The van der Waals surface area contributed by atoms with Gasteiger partial charge < -0.3 is 10.3 Å². The number of amides is 1. The normalized spacial score (nSPS) is 10.8. The number of hydrogen-bond acceptors (Lipinski definition) is 3. The van der Waals surface area contributed by atoms with E-state index in [4.69, 9.17) is 12.2 Å². The third-order valence-corrected chi connectivity index (χ3v) is 5.26. The van der Waals surface area contributed by atoms with E-state index >= 15 is 0 Å². The molecule has 150 valence electrons. The topological polar surface area (TPSA) is 66.9 Å². The largest absolute Gasteiger partial charge is 0.352 e. The zero-order valence-corrected chi connectivity index (χ0v) is 17.3. The van der Waals surface area contributed by atoms with Gasteiger partial charge in [-0.05, 0) is 54.5 Å². The van der Waals surface area contributed by atoms with E-state index in [0.29, 0.717) is 27.9 Å². The van der Waals surface area contributed by atoms with Gasteiger partial charge in [-0.2, -0.15) is 0 Å². The van der Waals surface area contributed by atoms with Crippen LogP contribution >= 0.6 is 12.2 Å². The highest BCUT2D eigenvalue weighted by atomic mass is 32.1. The van der Waals surface area contributed by atoms with Crippen molar-refractivity contribution in [3.05, 3.63) is 105 Å². The van der Waals surface area contributed by atoms with Crippen molar-refractivity contribution in [2.45, 2.75) is 19.9 Å². The van der Waals surface area contributed by atoms with Crippen molar-refractivity contribution in [1.29, 1.82) is 0 Å². The molecule has 0 aliphatic heterocycles. The summed E-state index contributed by atoms with van der Waals surface area (Å²) in [6, 6.07) is 22.7. The van der Waals surface area contributed by atoms with Crippen molar-refractivity contribution in [1.82, 2.24) is 14.9 Å². The van der Waals surface area contributed by atoms with Gasteiger partial charge in [0.1, 0.15) is 0 Å². The number of carbonyl (C=O) groups excluding carboxylic acids is 1. The van der Waals surface area contributed by atoms with E-state index in [1.165, 1.54) is 10.1 Å². The number of fused-ring (bicyclic) bond motifs is 1. The highest BCUT2D eigenvalue weighted by molar-refractivity contribution is 7.71. The number of rotatable bonds is 5. The Kier molecular flexibility index (Phi) is 5.59. The van der Waals surface area contributed by atoms with Crippen LogP contribution in [0.15, 0.2) is 77.6 Å². The van der Waals surface area contributed by atoms with Gasteiger partial charge in [0.25, 0.3) is 5.56 Å². The Balaban J connectivity index is 1.49. The molecule has 0 saturated heterocycles. The molecule has 1 aromatic heterocycles. The van der Waals surface area contributed by atoms with Crippen LogP contribution in [0.2, 0.25) is 0 Å². The predicted octanol–water partition coefficient (Wildman–Crippen LogP) is 4.22. The zero-order valence-electron chi connectivity index (χ0n) is 16.5. The molecule has 0 aliphatic carbocycles. The first-order chi connectivity index (χ1) is 14.5. The van der Waals surface area contributed by atoms with Crippen molar-refractivity contribution >= 4 is 29.0 Å². The zero-order chi connectivity index (χ0) is 21.1. The fraction of sp³-hybridized carbons (Fsp3) is 0.125. The maximum atomic E-state index is 12.9. The van der Waals surface area contributed by atoms with Crippen molar-refractivity contribution in [3.8, 4) is 5.69 Å². The molecule has 0 bridgehead atoms. The van der Waals surface area contributed by atoms with E-state index in [1.807, 2.05) is 73.7 Å². The molecule has 0 aliphatic rings. The van der Waals surface area contributed by atoms with E-state index in [-0.39, 0.29) is 17.9 Å². The molecule has 4 aromatic rings. The number of aromatic nitrogens is 2. The molecule has 0 radical (unpaired) electrons. The van der Waals surface area contributed by atoms with Crippen LogP contribution in [0.3, 0.4) is 0 Å². The second-order valence-corrected chi connectivity index (χ2v) is 7.61. The lowest BCUT2D eigenvalue weighted by molar-refractivity contribution is -0.120. The van der Waals surface area contributed by atoms with Crippen molar-refractivity contribution in [3.63, 3.8) is 0 Å². The summed E-state index contributed by atoms with van der Waals surface area (Å²) < 4.78 is 1.81. The van der Waals surface area contributed by atoms with Gasteiger partial charge in [0.15, 0.2) is 4.77 Å². The first-order valence-corrected chi connectivity index (χ1v) is 10.1. The van der Waals surface area contributed by atoms with Gasteiger partial charge in [0.05, 0.1) is 23.0 Å². The average molecular weight is 416 g/mol. The molecule has 2 N–H and O–H groups in total. The summed E-state index contributed by atoms with van der Waals surface area (Å²) in [5.74, 6) is -0.0523. The summed E-state index contributed by atoms with van der Waals surface area (Å²) in [7, 11) is 0. The van der Waals surface area contributed by atoms with Crippen LogP contribution in [0.1, 0.15) is 16.7 Å². The van der Waals surface area contributed by atoms with Gasteiger partial charge in [-0.1, -0.05) is 54.1 Å². The molecular formula is C24H21N3O2S. The molecule has 0 fully saturated rings. The van der Waals surface area contributed by atoms with E-state index in [0.717, 1.165) is 11.1 Å². The molecule has 3 aromatic carbocycles. The fourth-order valence-corrected chi connectivity index (χ4v) is 3.61. The highest BCUT2D eigenvalue weighted by Crippen LogP contribution is 2.12. The number of hydrogen-bond donors (Lipinski definition) is 2. The SMILES string of the molecule is Cc1ccc(CNC(=O)Cc2ccc(-n3c(=S)[nH]c4ccccc4c3=O)cc2)cc1. The van der Waals surface area contributed by atoms with Crippen LogP contribution in [-0.4, -0.2) is 15.5 Å². The minimum atomic E-state index is -0.169. The van der Waals surface area contributed by atoms with Crippen LogP contribution in [0, 0.1) is 11.7 Å². The standard InChI is InChI=1S/C24H21N3O2S/c1-16-6-8-18(9-7-16)15-25-22(28)14-17-10-12-19(13-11-17)27-23(29)20-4-2-3-5-21(20)26-24(27)30/h2-13H,14-15H2,1H3,(H,25,28)(H,26,30). The molecule has 0 unspecified atom stereocenters. The van der Waals surface area contributed by atoms with Gasteiger partial charge in [0, 0.05) is 6.54 Å². The lowest BCUT2D eigenvalue weighted by Gasteiger charge is -2.10. The number of nitrogens with zero attached hydrogens (tertiary/aromatic N) is 1. The van der Waals surface area contributed by atoms with Gasteiger partial charge in [-0.25, -0.2) is 0 Å². The first kappa shape index (κ1) is 19.8. The van der Waals surface area contributed by atoms with E-state index in [9.17, 15) is 9.59 Å². The molecule has 0 atom stereocenters. The fourth-order valence-electron chi connectivity index (χ4n) is 3.31. The lowest BCUT2D eigenvalue weighted by atomic mass is 10.1. The van der Waals surface area contributed by atoms with Crippen LogP contribution in [0.5, 0.6) is 0 Å². The predicted molar refractivity (Wildman–Crippen MR) is 121 cm³/mol. The summed E-state index contributed by atoms with van der Waals surface area (Å²) in [5.41, 5.74) is 4.33. The molecule has 6 heteroatoms. The molecule has 0 saturated carbocycles. The Morgan fingerprint density at radius 3 is 2.37 bits per heavy atom. The Morgan fingerprint density at radius 2 is 1.63 bits per heavy atom. The van der Waals surface area contributed by atoms with Gasteiger partial charge in [-0.3, -0.25) is 14.2 Å². The van der Waals surface area contributed by atoms with Gasteiger partial charge >= 0.3 is 0 Å². The third kappa shape index (κ3) is 4.23. The van der Waals surface area contributed by atoms with E-state index in [2.05, 4.69) is 10.3 Å². The number of nitrogens with one attached hydrogen (secondary N) is 2. The Morgan fingerprint density at radius 1 is 0.967 bits per heavy atom.